The van der Waals surface area contributed by atoms with Gasteiger partial charge in [-0.3, -0.25) is 0 Å². The number of hydrogen-bond donors (Lipinski definition) is 1. The highest BCUT2D eigenvalue weighted by Crippen LogP contribution is 2.20. The molecule has 0 saturated carbocycles. The van der Waals surface area contributed by atoms with Crippen LogP contribution in [0.1, 0.15) is 39.2 Å². The summed E-state index contributed by atoms with van der Waals surface area (Å²) in [6.07, 6.45) is 2.08. The maximum atomic E-state index is 11.5. The van der Waals surface area contributed by atoms with Gasteiger partial charge in [0.2, 0.25) is 0 Å². The first kappa shape index (κ1) is 16.2. The fourth-order valence-corrected chi connectivity index (χ4v) is 2.33. The van der Waals surface area contributed by atoms with E-state index in [9.17, 15) is 4.79 Å². The van der Waals surface area contributed by atoms with Crippen molar-refractivity contribution in [3.8, 4) is 11.8 Å². The van der Waals surface area contributed by atoms with Gasteiger partial charge in [-0.05, 0) is 51.8 Å². The molecule has 1 amide bonds. The highest BCUT2D eigenvalue weighted by Gasteiger charge is 2.15. The van der Waals surface area contributed by atoms with E-state index in [4.69, 9.17) is 4.74 Å². The molecule has 22 heavy (non-hydrogen) atoms. The molecule has 0 aliphatic carbocycles. The standard InChI is InChI=1S/C18H24N2O2/c1-18(2,3)22-17(21)19-11-7-9-15-8-6-10-16(14-15)20-12-4-5-13-20/h6,8,10,14H,4-5,11-13H2,1-3H3,(H,19,21). The zero-order valence-electron chi connectivity index (χ0n) is 13.6. The molecule has 1 aromatic rings. The summed E-state index contributed by atoms with van der Waals surface area (Å²) in [7, 11) is 0. The van der Waals surface area contributed by atoms with Crippen molar-refractivity contribution in [1.82, 2.24) is 5.32 Å². The van der Waals surface area contributed by atoms with E-state index in [1.54, 1.807) is 0 Å². The Bertz CT molecular complexity index is 573. The zero-order valence-corrected chi connectivity index (χ0v) is 13.6. The lowest BCUT2D eigenvalue weighted by molar-refractivity contribution is 0.0535. The number of anilines is 1. The first-order chi connectivity index (χ1) is 10.4. The minimum absolute atomic E-state index is 0.281. The van der Waals surface area contributed by atoms with Crippen LogP contribution in [0.4, 0.5) is 10.5 Å². The molecule has 1 N–H and O–H groups in total. The highest BCUT2D eigenvalue weighted by molar-refractivity contribution is 5.68. The molecule has 1 aliphatic heterocycles. The third kappa shape index (κ3) is 5.33. The summed E-state index contributed by atoms with van der Waals surface area (Å²) in [4.78, 5) is 13.9. The molecule has 4 heteroatoms. The van der Waals surface area contributed by atoms with Gasteiger partial charge in [-0.15, -0.1) is 0 Å². The van der Waals surface area contributed by atoms with E-state index in [1.165, 1.54) is 18.5 Å². The molecule has 0 bridgehead atoms. The molecule has 1 saturated heterocycles. The average Bonchev–Trinajstić information content (AvgIpc) is 2.96. The van der Waals surface area contributed by atoms with Crippen molar-refractivity contribution < 1.29 is 9.53 Å². The van der Waals surface area contributed by atoms with Crippen molar-refractivity contribution in [2.45, 2.75) is 39.2 Å². The number of nitrogens with zero attached hydrogens (tertiary/aromatic N) is 1. The van der Waals surface area contributed by atoms with Crippen molar-refractivity contribution in [1.29, 1.82) is 0 Å². The van der Waals surface area contributed by atoms with E-state index in [0.29, 0.717) is 0 Å². The van der Waals surface area contributed by atoms with Crippen LogP contribution in [-0.2, 0) is 4.74 Å². The Labute approximate surface area is 132 Å². The second-order valence-electron chi connectivity index (χ2n) is 6.40. The predicted molar refractivity (Wildman–Crippen MR) is 89.0 cm³/mol. The van der Waals surface area contributed by atoms with E-state index < -0.39 is 11.7 Å². The molecule has 1 fully saturated rings. The van der Waals surface area contributed by atoms with Gasteiger partial charge in [-0.1, -0.05) is 17.9 Å². The molecule has 0 radical (unpaired) electrons. The summed E-state index contributed by atoms with van der Waals surface area (Å²) in [5.41, 5.74) is 1.71. The van der Waals surface area contributed by atoms with Crippen LogP contribution in [0.2, 0.25) is 0 Å². The average molecular weight is 300 g/mol. The zero-order chi connectivity index (χ0) is 16.0. The molecule has 118 valence electrons. The number of hydrogen-bond acceptors (Lipinski definition) is 3. The SMILES string of the molecule is CC(C)(C)OC(=O)NCC#Cc1cccc(N2CCCC2)c1. The molecule has 1 aromatic carbocycles. The van der Waals surface area contributed by atoms with Crippen LogP contribution in [-0.4, -0.2) is 31.3 Å². The van der Waals surface area contributed by atoms with Gasteiger partial charge in [-0.2, -0.15) is 0 Å². The summed E-state index contributed by atoms with van der Waals surface area (Å²) in [5, 5.41) is 2.63. The summed E-state index contributed by atoms with van der Waals surface area (Å²) in [5.74, 6) is 6.04. The second kappa shape index (κ2) is 7.22. The van der Waals surface area contributed by atoms with Crippen LogP contribution in [0.3, 0.4) is 0 Å². The number of amides is 1. The van der Waals surface area contributed by atoms with E-state index in [0.717, 1.165) is 18.7 Å². The highest BCUT2D eigenvalue weighted by atomic mass is 16.6. The number of ether oxygens (including phenoxy) is 1. The lowest BCUT2D eigenvalue weighted by Crippen LogP contribution is -2.32. The monoisotopic (exact) mass is 300 g/mol. The summed E-state index contributed by atoms with van der Waals surface area (Å²) >= 11 is 0. The fraction of sp³-hybridized carbons (Fsp3) is 0.500. The molecule has 1 aliphatic rings. The molecular formula is C18H24N2O2. The van der Waals surface area contributed by atoms with Crippen molar-refractivity contribution in [2.75, 3.05) is 24.5 Å². The predicted octanol–water partition coefficient (Wildman–Crippen LogP) is 3.16. The number of rotatable bonds is 2. The normalized spacial score (nSPS) is 14.2. The summed E-state index contributed by atoms with van der Waals surface area (Å²) in [6, 6.07) is 8.24. The molecule has 0 atom stereocenters. The van der Waals surface area contributed by atoms with Gasteiger partial charge in [0.15, 0.2) is 0 Å². The van der Waals surface area contributed by atoms with Gasteiger partial charge in [0.25, 0.3) is 0 Å². The van der Waals surface area contributed by atoms with Crippen molar-refractivity contribution in [2.24, 2.45) is 0 Å². The van der Waals surface area contributed by atoms with Gasteiger partial charge >= 0.3 is 6.09 Å². The topological polar surface area (TPSA) is 41.6 Å². The Kier molecular flexibility index (Phi) is 5.32. The number of carbonyl (C=O) groups is 1. The van der Waals surface area contributed by atoms with Gasteiger partial charge in [0.05, 0.1) is 6.54 Å². The lowest BCUT2D eigenvalue weighted by Gasteiger charge is -2.19. The molecule has 0 unspecified atom stereocenters. The minimum atomic E-state index is -0.485. The fourth-order valence-electron chi connectivity index (χ4n) is 2.33. The number of benzene rings is 1. The van der Waals surface area contributed by atoms with Crippen molar-refractivity contribution in [3.05, 3.63) is 29.8 Å². The van der Waals surface area contributed by atoms with Gasteiger partial charge in [-0.25, -0.2) is 4.79 Å². The second-order valence-corrected chi connectivity index (χ2v) is 6.40. The van der Waals surface area contributed by atoms with Crippen LogP contribution >= 0.6 is 0 Å². The van der Waals surface area contributed by atoms with Crippen LogP contribution < -0.4 is 10.2 Å². The number of nitrogens with one attached hydrogen (secondary N) is 1. The molecule has 0 aromatic heterocycles. The maximum absolute atomic E-state index is 11.5. The summed E-state index contributed by atoms with van der Waals surface area (Å²) in [6.45, 7) is 8.03. The van der Waals surface area contributed by atoms with Crippen molar-refractivity contribution >= 4 is 11.8 Å². The van der Waals surface area contributed by atoms with Crippen molar-refractivity contribution in [3.63, 3.8) is 0 Å². The molecular weight excluding hydrogens is 276 g/mol. The third-order valence-corrected chi connectivity index (χ3v) is 3.27. The molecule has 0 spiro atoms. The first-order valence-corrected chi connectivity index (χ1v) is 7.75. The summed E-state index contributed by atoms with van der Waals surface area (Å²) < 4.78 is 5.15. The molecule has 4 nitrogen and oxygen atoms in total. The van der Waals surface area contributed by atoms with Gasteiger partial charge in [0.1, 0.15) is 5.60 Å². The van der Waals surface area contributed by atoms with E-state index in [2.05, 4.69) is 34.2 Å². The molecule has 2 rings (SSSR count). The van der Waals surface area contributed by atoms with Crippen LogP contribution in [0, 0.1) is 11.8 Å². The Morgan fingerprint density at radius 1 is 1.32 bits per heavy atom. The molecule has 1 heterocycles. The smallest absolute Gasteiger partial charge is 0.408 e. The van der Waals surface area contributed by atoms with Gasteiger partial charge < -0.3 is 15.0 Å². The Hall–Kier alpha value is -2.15. The minimum Gasteiger partial charge on any atom is -0.444 e. The number of alkyl carbamates (subject to hydrolysis) is 1. The van der Waals surface area contributed by atoms with Crippen LogP contribution in [0.25, 0.3) is 0 Å². The van der Waals surface area contributed by atoms with Crippen LogP contribution in [0.5, 0.6) is 0 Å². The first-order valence-electron chi connectivity index (χ1n) is 7.75. The van der Waals surface area contributed by atoms with Gasteiger partial charge in [0, 0.05) is 24.3 Å². The quantitative estimate of drug-likeness (QED) is 0.853. The Balaban J connectivity index is 1.86. The van der Waals surface area contributed by atoms with Crippen LogP contribution in [0.15, 0.2) is 24.3 Å². The number of carbonyl (C=O) groups excluding carboxylic acids is 1. The van der Waals surface area contributed by atoms with E-state index >= 15 is 0 Å². The Morgan fingerprint density at radius 2 is 2.05 bits per heavy atom. The maximum Gasteiger partial charge on any atom is 0.408 e. The van der Waals surface area contributed by atoms with E-state index in [1.807, 2.05) is 32.9 Å². The van der Waals surface area contributed by atoms with E-state index in [-0.39, 0.29) is 6.54 Å². The largest absolute Gasteiger partial charge is 0.444 e. The lowest BCUT2D eigenvalue weighted by atomic mass is 10.2. The Morgan fingerprint density at radius 3 is 2.73 bits per heavy atom. The third-order valence-electron chi connectivity index (χ3n) is 3.27.